The summed E-state index contributed by atoms with van der Waals surface area (Å²) >= 11 is 7.87. The number of halogens is 1. The average Bonchev–Trinajstić information content (AvgIpc) is 3.08. The van der Waals surface area contributed by atoms with Gasteiger partial charge in [-0.25, -0.2) is 4.39 Å². The van der Waals surface area contributed by atoms with Gasteiger partial charge in [0, 0.05) is 11.5 Å². The van der Waals surface area contributed by atoms with Crippen molar-refractivity contribution >= 4 is 58.0 Å². The quantitative estimate of drug-likeness (QED) is 0.593. The fraction of sp³-hybridized carbons (Fsp3) is 0.312. The lowest BCUT2D eigenvalue weighted by Crippen LogP contribution is -2.47. The Labute approximate surface area is 158 Å². The van der Waals surface area contributed by atoms with Crippen LogP contribution < -0.4 is 5.32 Å². The number of nitrogens with zero attached hydrogens (tertiary/aromatic N) is 1. The highest BCUT2D eigenvalue weighted by Crippen LogP contribution is 2.32. The molecule has 2 fully saturated rings. The molecule has 3 rings (SSSR count). The molecule has 2 atom stereocenters. The second-order valence-corrected chi connectivity index (χ2v) is 8.35. The molecule has 0 unspecified atom stereocenters. The summed E-state index contributed by atoms with van der Waals surface area (Å²) in [7, 11) is 0. The van der Waals surface area contributed by atoms with E-state index in [9.17, 15) is 19.1 Å². The summed E-state index contributed by atoms with van der Waals surface area (Å²) in [5.74, 6) is 0.178. The molecule has 1 aromatic rings. The van der Waals surface area contributed by atoms with Crippen molar-refractivity contribution in [3.05, 3.63) is 40.6 Å². The second kappa shape index (κ2) is 7.86. The number of thioether (sulfide) groups is 2. The van der Waals surface area contributed by atoms with Crippen LogP contribution in [0.3, 0.4) is 0 Å². The first-order valence-electron chi connectivity index (χ1n) is 7.50. The van der Waals surface area contributed by atoms with Crippen molar-refractivity contribution in [2.75, 3.05) is 18.1 Å². The maximum Gasteiger partial charge on any atom is 0.266 e. The first-order chi connectivity index (χ1) is 11.9. The minimum absolute atomic E-state index is 0.181. The zero-order valence-electron chi connectivity index (χ0n) is 13.0. The number of aliphatic hydroxyl groups is 1. The van der Waals surface area contributed by atoms with Gasteiger partial charge >= 0.3 is 0 Å². The molecule has 5 nitrogen and oxygen atoms in total. The van der Waals surface area contributed by atoms with E-state index in [4.69, 9.17) is 12.2 Å². The lowest BCUT2D eigenvalue weighted by atomic mass is 10.2. The summed E-state index contributed by atoms with van der Waals surface area (Å²) < 4.78 is 13.3. The summed E-state index contributed by atoms with van der Waals surface area (Å²) in [6.07, 6.45) is 1.05. The van der Waals surface area contributed by atoms with Crippen molar-refractivity contribution in [1.29, 1.82) is 0 Å². The van der Waals surface area contributed by atoms with E-state index in [1.54, 1.807) is 30.0 Å². The molecule has 2 saturated heterocycles. The van der Waals surface area contributed by atoms with Gasteiger partial charge in [-0.3, -0.25) is 14.5 Å². The van der Waals surface area contributed by atoms with Crippen LogP contribution in [-0.2, 0) is 9.59 Å². The number of carbonyl (C=O) groups is 2. The van der Waals surface area contributed by atoms with Gasteiger partial charge in [-0.15, -0.1) is 0 Å². The number of hydrogen-bond acceptors (Lipinski definition) is 6. The van der Waals surface area contributed by atoms with Crippen molar-refractivity contribution in [1.82, 2.24) is 10.2 Å². The molecule has 9 heteroatoms. The minimum Gasteiger partial charge on any atom is -0.390 e. The van der Waals surface area contributed by atoms with Gasteiger partial charge in [-0.2, -0.15) is 11.8 Å². The van der Waals surface area contributed by atoms with Gasteiger partial charge in [0.15, 0.2) is 0 Å². The van der Waals surface area contributed by atoms with Crippen LogP contribution in [0, 0.1) is 5.82 Å². The number of rotatable bonds is 4. The highest BCUT2D eigenvalue weighted by atomic mass is 32.2. The monoisotopic (exact) mass is 398 g/mol. The van der Waals surface area contributed by atoms with Crippen molar-refractivity contribution in [2.24, 2.45) is 0 Å². The smallest absolute Gasteiger partial charge is 0.266 e. The summed E-state index contributed by atoms with van der Waals surface area (Å²) in [6.45, 7) is -0.181. The SMILES string of the molecule is O=C(CN1C(=O)/C(=C/c2ccc(F)cc2)SC1=S)N[C@H]1CSC[C@H]1O. The van der Waals surface area contributed by atoms with Gasteiger partial charge in [0.2, 0.25) is 5.91 Å². The Morgan fingerprint density at radius 1 is 1.40 bits per heavy atom. The summed E-state index contributed by atoms with van der Waals surface area (Å²) in [5.41, 5.74) is 0.678. The van der Waals surface area contributed by atoms with Gasteiger partial charge in [-0.05, 0) is 23.8 Å². The van der Waals surface area contributed by atoms with E-state index in [-0.39, 0.29) is 30.2 Å². The predicted octanol–water partition coefficient (Wildman–Crippen LogP) is 1.62. The Bertz CT molecular complexity index is 739. The lowest BCUT2D eigenvalue weighted by molar-refractivity contribution is -0.129. The van der Waals surface area contributed by atoms with E-state index in [0.717, 1.165) is 11.8 Å². The van der Waals surface area contributed by atoms with Crippen molar-refractivity contribution in [3.8, 4) is 0 Å². The molecule has 2 heterocycles. The van der Waals surface area contributed by atoms with Crippen LogP contribution in [0.2, 0.25) is 0 Å². The normalized spacial score (nSPS) is 25.0. The molecule has 2 N–H and O–H groups in total. The summed E-state index contributed by atoms with van der Waals surface area (Å²) in [5, 5.41) is 12.5. The molecule has 0 aromatic heterocycles. The number of hydrogen-bond donors (Lipinski definition) is 2. The van der Waals surface area contributed by atoms with Crippen LogP contribution in [0.1, 0.15) is 5.56 Å². The first-order valence-corrected chi connectivity index (χ1v) is 9.88. The Hall–Kier alpha value is -1.42. The van der Waals surface area contributed by atoms with Crippen molar-refractivity contribution < 1.29 is 19.1 Å². The highest BCUT2D eigenvalue weighted by molar-refractivity contribution is 8.26. The van der Waals surface area contributed by atoms with Crippen LogP contribution in [-0.4, -0.2) is 56.3 Å². The zero-order valence-corrected chi connectivity index (χ0v) is 15.4. The fourth-order valence-corrected chi connectivity index (χ4v) is 4.85. The predicted molar refractivity (Wildman–Crippen MR) is 102 cm³/mol. The standard InChI is InChI=1S/C16H15FN2O3S3/c17-10-3-1-9(2-4-10)5-13-15(22)19(16(23)25-13)6-14(21)18-11-7-24-8-12(11)20/h1-5,11-12,20H,6-8H2,(H,18,21)/b13-5-/t11-,12+/m0/s1. The third kappa shape index (κ3) is 4.41. The third-order valence-corrected chi connectivity index (χ3v) is 6.29. The zero-order chi connectivity index (χ0) is 18.0. The Kier molecular flexibility index (Phi) is 5.78. The van der Waals surface area contributed by atoms with E-state index in [0.29, 0.717) is 26.3 Å². The number of carbonyl (C=O) groups excluding carboxylic acids is 2. The number of aliphatic hydroxyl groups excluding tert-OH is 1. The van der Waals surface area contributed by atoms with Gasteiger partial charge in [0.1, 0.15) is 16.7 Å². The van der Waals surface area contributed by atoms with Crippen molar-refractivity contribution in [2.45, 2.75) is 12.1 Å². The molecule has 0 spiro atoms. The number of benzene rings is 1. The molecule has 2 aliphatic rings. The molecular weight excluding hydrogens is 383 g/mol. The topological polar surface area (TPSA) is 69.6 Å². The largest absolute Gasteiger partial charge is 0.390 e. The Morgan fingerprint density at radius 2 is 2.12 bits per heavy atom. The van der Waals surface area contributed by atoms with Crippen LogP contribution in [0.25, 0.3) is 6.08 Å². The molecule has 25 heavy (non-hydrogen) atoms. The average molecular weight is 399 g/mol. The number of thiocarbonyl (C=S) groups is 1. The molecule has 2 amide bonds. The van der Waals surface area contributed by atoms with Crippen LogP contribution >= 0.6 is 35.7 Å². The highest BCUT2D eigenvalue weighted by Gasteiger charge is 2.34. The molecule has 0 bridgehead atoms. The minimum atomic E-state index is -0.571. The maximum atomic E-state index is 13.0. The fourth-order valence-electron chi connectivity index (χ4n) is 2.42. The molecule has 0 saturated carbocycles. The van der Waals surface area contributed by atoms with Crippen LogP contribution in [0.15, 0.2) is 29.2 Å². The molecule has 132 valence electrons. The van der Waals surface area contributed by atoms with Gasteiger partial charge in [-0.1, -0.05) is 36.1 Å². The van der Waals surface area contributed by atoms with Gasteiger partial charge in [0.05, 0.1) is 17.1 Å². The van der Waals surface area contributed by atoms with E-state index < -0.39 is 6.10 Å². The van der Waals surface area contributed by atoms with Crippen LogP contribution in [0.5, 0.6) is 0 Å². The van der Waals surface area contributed by atoms with Crippen molar-refractivity contribution in [3.63, 3.8) is 0 Å². The number of nitrogens with one attached hydrogen (secondary N) is 1. The molecular formula is C16H15FN2O3S3. The van der Waals surface area contributed by atoms with E-state index in [2.05, 4.69) is 5.32 Å². The van der Waals surface area contributed by atoms with Gasteiger partial charge < -0.3 is 10.4 Å². The number of amides is 2. The first kappa shape index (κ1) is 18.4. The molecule has 1 aromatic carbocycles. The molecule has 0 radical (unpaired) electrons. The Morgan fingerprint density at radius 3 is 2.76 bits per heavy atom. The summed E-state index contributed by atoms with van der Waals surface area (Å²) in [4.78, 5) is 26.2. The summed E-state index contributed by atoms with van der Waals surface area (Å²) in [6, 6.07) is 5.45. The third-order valence-electron chi connectivity index (χ3n) is 3.74. The molecule has 0 aliphatic carbocycles. The Balaban J connectivity index is 1.64. The lowest BCUT2D eigenvalue weighted by Gasteiger charge is -2.18. The second-order valence-electron chi connectivity index (χ2n) is 5.60. The van der Waals surface area contributed by atoms with E-state index in [1.807, 2.05) is 0 Å². The van der Waals surface area contributed by atoms with E-state index in [1.165, 1.54) is 17.0 Å². The maximum absolute atomic E-state index is 13.0. The molecule has 2 aliphatic heterocycles. The van der Waals surface area contributed by atoms with E-state index >= 15 is 0 Å². The van der Waals surface area contributed by atoms with Crippen LogP contribution in [0.4, 0.5) is 4.39 Å². The van der Waals surface area contributed by atoms with Gasteiger partial charge in [0.25, 0.3) is 5.91 Å².